The number of hydrogen-bond donors (Lipinski definition) is 13. The van der Waals surface area contributed by atoms with Crippen molar-refractivity contribution in [3.63, 3.8) is 0 Å². The number of amides is 4. The molecular weight excluding hydrogens is 1010 g/mol. The highest BCUT2D eigenvalue weighted by molar-refractivity contribution is 6.11. The molecule has 0 bridgehead atoms. The average Bonchev–Trinajstić information content (AvgIpc) is 3.27. The normalized spacial score (nSPS) is 11.8. The van der Waals surface area contributed by atoms with Crippen LogP contribution in [-0.4, -0.2) is 123 Å². The number of rotatable bonds is 16. The van der Waals surface area contributed by atoms with Crippen LogP contribution in [0.3, 0.4) is 0 Å². The molecule has 400 valence electrons. The number of aliphatic carboxylic acids is 5. The molecule has 3 aromatic carbocycles. The van der Waals surface area contributed by atoms with Crippen LogP contribution in [0, 0.1) is 0 Å². The first kappa shape index (κ1) is 62.1. The zero-order valence-corrected chi connectivity index (χ0v) is 37.6. The van der Waals surface area contributed by atoms with E-state index in [0.717, 1.165) is 32.9 Å². The lowest BCUT2D eigenvalue weighted by atomic mass is 9.98. The van der Waals surface area contributed by atoms with E-state index in [0.29, 0.717) is 30.8 Å². The molecule has 0 fully saturated rings. The smallest absolute Gasteiger partial charge is 0.480 e. The second-order valence-corrected chi connectivity index (χ2v) is 14.2. The van der Waals surface area contributed by atoms with Gasteiger partial charge < -0.3 is 69.7 Å². The van der Waals surface area contributed by atoms with Gasteiger partial charge in [0.15, 0.2) is 11.9 Å². The van der Waals surface area contributed by atoms with Crippen LogP contribution >= 0.6 is 0 Å². The molecule has 2 atom stereocenters. The second-order valence-electron chi connectivity index (χ2n) is 14.2. The highest BCUT2D eigenvalue weighted by Crippen LogP contribution is 2.34. The van der Waals surface area contributed by atoms with Crippen molar-refractivity contribution in [2.45, 2.75) is 69.8 Å². The molecule has 1 heterocycles. The van der Waals surface area contributed by atoms with Gasteiger partial charge >= 0.3 is 60.4 Å². The number of guanidine groups is 2. The summed E-state index contributed by atoms with van der Waals surface area (Å²) >= 11 is 0. The Morgan fingerprint density at radius 3 is 1.27 bits per heavy atom. The molecular formula is C41H47F9N11O12+. The van der Waals surface area contributed by atoms with Gasteiger partial charge in [-0.15, -0.1) is 0 Å². The van der Waals surface area contributed by atoms with Gasteiger partial charge in [-0.25, -0.2) is 33.6 Å². The minimum Gasteiger partial charge on any atom is -0.480 e. The molecule has 23 nitrogen and oxygen atoms in total. The van der Waals surface area contributed by atoms with Crippen LogP contribution in [0.1, 0.15) is 32.6 Å². The Kier molecular flexibility index (Phi) is 23.9. The Hall–Kier alpha value is -8.87. The molecule has 0 saturated heterocycles. The number of fused-ring (bicyclic) bond motifs is 3. The first-order valence-electron chi connectivity index (χ1n) is 20.3. The minimum atomic E-state index is -5.08. The number of hydrogen-bond acceptors (Lipinski definition) is 9. The summed E-state index contributed by atoms with van der Waals surface area (Å²) in [6.07, 6.45) is -14.3. The molecule has 4 aromatic rings. The van der Waals surface area contributed by atoms with Crippen molar-refractivity contribution in [1.29, 1.82) is 0 Å². The lowest BCUT2D eigenvalue weighted by Gasteiger charge is -2.17. The number of carbonyl (C=O) groups excluding carboxylic acids is 2. The quantitative estimate of drug-likeness (QED) is 0.0187. The van der Waals surface area contributed by atoms with Crippen molar-refractivity contribution in [3.8, 4) is 11.3 Å². The van der Waals surface area contributed by atoms with Gasteiger partial charge in [0.05, 0.1) is 10.8 Å². The number of pyridine rings is 1. The number of nitrogens with two attached hydrogens (primary N) is 4. The fourth-order valence-corrected chi connectivity index (χ4v) is 5.79. The van der Waals surface area contributed by atoms with E-state index in [2.05, 4.69) is 35.8 Å². The van der Waals surface area contributed by atoms with E-state index < -0.39 is 72.5 Å². The maximum absolute atomic E-state index is 13.0. The van der Waals surface area contributed by atoms with Crippen LogP contribution in [0.25, 0.3) is 32.9 Å². The van der Waals surface area contributed by atoms with Crippen molar-refractivity contribution >= 4 is 86.9 Å². The largest absolute Gasteiger partial charge is 0.490 e. The SMILES string of the molecule is CC[n+]1c(-c2ccccc2)c2cc(NC(=O)NC(CCCN=C(N)N)C(=O)O)ccc2c2ccc(NC(=O)NC(CCCN=C(N)N)C(=O)O)cc21.O=C(O)C(F)(F)F.O=C(O)C(F)(F)F.O=C(O)C(F)(F)F. The monoisotopic (exact) mass is 1060 g/mol. The summed E-state index contributed by atoms with van der Waals surface area (Å²) in [4.78, 5) is 83.9. The van der Waals surface area contributed by atoms with E-state index in [9.17, 15) is 68.9 Å². The number of benzene rings is 3. The second kappa shape index (κ2) is 28.1. The van der Waals surface area contributed by atoms with Crippen LogP contribution in [0.2, 0.25) is 0 Å². The highest BCUT2D eigenvalue weighted by Gasteiger charge is 2.39. The highest BCUT2D eigenvalue weighted by atomic mass is 19.4. The number of carboxylic acids is 5. The third-order valence-corrected chi connectivity index (χ3v) is 8.83. The molecule has 0 radical (unpaired) electrons. The number of urea groups is 2. The summed E-state index contributed by atoms with van der Waals surface area (Å²) in [5.74, 6) is -10.8. The standard InChI is InChI=1S/C35H43N11O6.3C2HF3O2/c1-2-46-28-19-22(43-35(52)45-27(31(49)50)11-7-17-41-33(38)39)13-15-24(28)23-14-12-21(18-25(23)29(46)20-8-4-3-5-9-20)42-34(51)44-26(30(47)48)10-6-16-40-32(36)37;3*3-2(4,5)1(6)7/h3-5,8-9,12-15,18-19,26-27H,2,6-7,10-11,16-17H2,1H3,(H13,36,37,38,39,40,41,42,44,45,47,48,49,50,51,52);3*(H,6,7)/p+1. The molecule has 73 heavy (non-hydrogen) atoms. The number of halogens is 9. The molecule has 4 amide bonds. The van der Waals surface area contributed by atoms with Crippen LogP contribution in [0.15, 0.2) is 76.7 Å². The molecule has 17 N–H and O–H groups in total. The third kappa shape index (κ3) is 22.2. The lowest BCUT2D eigenvalue weighted by Crippen LogP contribution is -2.43. The van der Waals surface area contributed by atoms with Gasteiger partial charge in [-0.05, 0) is 69.0 Å². The summed E-state index contributed by atoms with van der Waals surface area (Å²) < 4.78 is 97.3. The van der Waals surface area contributed by atoms with Gasteiger partial charge in [0, 0.05) is 41.5 Å². The van der Waals surface area contributed by atoms with Crippen molar-refractivity contribution in [3.05, 3.63) is 66.7 Å². The van der Waals surface area contributed by atoms with Gasteiger partial charge in [-0.2, -0.15) is 44.1 Å². The average molecular weight is 1060 g/mol. The molecule has 0 aliphatic carbocycles. The fourth-order valence-electron chi connectivity index (χ4n) is 5.79. The maximum Gasteiger partial charge on any atom is 0.490 e. The Morgan fingerprint density at radius 1 is 0.562 bits per heavy atom. The molecule has 0 saturated carbocycles. The number of aliphatic imine (C=N–C) groups is 2. The number of anilines is 2. The van der Waals surface area contributed by atoms with E-state index in [1.165, 1.54) is 0 Å². The molecule has 0 aliphatic rings. The van der Waals surface area contributed by atoms with Crippen LogP contribution < -0.4 is 48.8 Å². The summed E-state index contributed by atoms with van der Waals surface area (Å²) in [6.45, 7) is 2.97. The van der Waals surface area contributed by atoms with Crippen molar-refractivity contribution in [2.24, 2.45) is 32.9 Å². The lowest BCUT2D eigenvalue weighted by molar-refractivity contribution is -0.655. The van der Waals surface area contributed by atoms with Gasteiger partial charge in [0.25, 0.3) is 0 Å². The number of aryl methyl sites for hydroxylation is 1. The van der Waals surface area contributed by atoms with Gasteiger partial charge in [0.1, 0.15) is 18.6 Å². The third-order valence-electron chi connectivity index (χ3n) is 8.83. The van der Waals surface area contributed by atoms with Crippen LogP contribution in [0.4, 0.5) is 60.5 Å². The minimum absolute atomic E-state index is 0.0962. The van der Waals surface area contributed by atoms with Crippen LogP contribution in [0.5, 0.6) is 0 Å². The summed E-state index contributed by atoms with van der Waals surface area (Å²) in [5, 5.41) is 53.7. The van der Waals surface area contributed by atoms with Crippen molar-refractivity contribution in [2.75, 3.05) is 23.7 Å². The topological polar surface area (TPSA) is 401 Å². The summed E-state index contributed by atoms with van der Waals surface area (Å²) in [7, 11) is 0. The van der Waals surface area contributed by atoms with E-state index in [-0.39, 0.29) is 37.9 Å². The predicted octanol–water partition coefficient (Wildman–Crippen LogP) is 4.12. The van der Waals surface area contributed by atoms with E-state index >= 15 is 0 Å². The predicted molar refractivity (Wildman–Crippen MR) is 241 cm³/mol. The maximum atomic E-state index is 13.0. The molecule has 2 unspecified atom stereocenters. The first-order chi connectivity index (χ1) is 33.7. The Labute approximate surface area is 404 Å². The van der Waals surface area contributed by atoms with Gasteiger partial charge in [-0.1, -0.05) is 24.3 Å². The van der Waals surface area contributed by atoms with E-state index in [1.807, 2.05) is 61.5 Å². The van der Waals surface area contributed by atoms with Crippen molar-refractivity contribution < 1.29 is 103 Å². The van der Waals surface area contributed by atoms with Crippen LogP contribution in [-0.2, 0) is 30.5 Å². The number of aromatic nitrogens is 1. The van der Waals surface area contributed by atoms with E-state index in [1.54, 1.807) is 12.1 Å². The summed E-state index contributed by atoms with van der Waals surface area (Å²) in [5.41, 5.74) is 24.7. The number of carbonyl (C=O) groups is 7. The van der Waals surface area contributed by atoms with E-state index in [4.69, 9.17) is 52.6 Å². The Bertz CT molecular complexity index is 2590. The number of alkyl halides is 9. The first-order valence-corrected chi connectivity index (χ1v) is 20.3. The molecule has 32 heteroatoms. The number of nitrogens with one attached hydrogen (secondary N) is 4. The molecule has 0 spiro atoms. The number of carboxylic acid groups (broad SMARTS) is 5. The number of nitrogens with zero attached hydrogens (tertiary/aromatic N) is 3. The Morgan fingerprint density at radius 2 is 0.932 bits per heavy atom. The summed E-state index contributed by atoms with van der Waals surface area (Å²) in [6, 6.07) is 16.8. The molecule has 4 rings (SSSR count). The zero-order valence-electron chi connectivity index (χ0n) is 37.6. The van der Waals surface area contributed by atoms with Gasteiger partial charge in [-0.3, -0.25) is 9.98 Å². The van der Waals surface area contributed by atoms with Gasteiger partial charge in [0.2, 0.25) is 11.2 Å². The molecule has 0 aliphatic heterocycles. The fraction of sp³-hybridized carbons (Fsp3) is 0.317. The van der Waals surface area contributed by atoms with Crippen molar-refractivity contribution in [1.82, 2.24) is 10.6 Å². The zero-order chi connectivity index (χ0) is 56.0. The molecule has 1 aromatic heterocycles. The Balaban J connectivity index is 0.00000106.